The van der Waals surface area contributed by atoms with Crippen LogP contribution in [-0.4, -0.2) is 16.9 Å². The third kappa shape index (κ3) is 2.18. The van der Waals surface area contributed by atoms with Gasteiger partial charge in [-0.05, 0) is 55.7 Å². The highest BCUT2D eigenvalue weighted by Crippen LogP contribution is 2.32. The number of carbonyl (C=O) groups excluding carboxylic acids is 1. The van der Waals surface area contributed by atoms with E-state index >= 15 is 0 Å². The molecule has 1 aliphatic rings. The van der Waals surface area contributed by atoms with Gasteiger partial charge in [0, 0.05) is 24.1 Å². The van der Waals surface area contributed by atoms with Crippen molar-refractivity contribution >= 4 is 11.6 Å². The number of anilines is 1. The van der Waals surface area contributed by atoms with Crippen molar-refractivity contribution in [2.45, 2.75) is 25.8 Å². The summed E-state index contributed by atoms with van der Waals surface area (Å²) in [5.74, 6) is -0.342. The summed E-state index contributed by atoms with van der Waals surface area (Å²) in [5.41, 5.74) is 2.25. The third-order valence-corrected chi connectivity index (χ3v) is 3.70. The zero-order chi connectivity index (χ0) is 14.1. The van der Waals surface area contributed by atoms with Gasteiger partial charge in [-0.3, -0.25) is 9.78 Å². The lowest BCUT2D eigenvalue weighted by Crippen LogP contribution is -2.42. The van der Waals surface area contributed by atoms with Crippen LogP contribution >= 0.6 is 0 Å². The number of rotatable bonds is 1. The van der Waals surface area contributed by atoms with Crippen molar-refractivity contribution in [2.24, 2.45) is 0 Å². The molecule has 0 radical (unpaired) electrons. The number of amides is 1. The highest BCUT2D eigenvalue weighted by Gasteiger charge is 2.29. The number of halogens is 1. The number of hydrogen-bond acceptors (Lipinski definition) is 2. The lowest BCUT2D eigenvalue weighted by Gasteiger charge is -2.35. The van der Waals surface area contributed by atoms with E-state index in [9.17, 15) is 9.18 Å². The summed E-state index contributed by atoms with van der Waals surface area (Å²) >= 11 is 0. The van der Waals surface area contributed by atoms with Crippen LogP contribution in [0.25, 0.3) is 0 Å². The number of nitrogens with zero attached hydrogens (tertiary/aromatic N) is 2. The molecular formula is C16H15FN2O. The van der Waals surface area contributed by atoms with E-state index in [0.29, 0.717) is 5.56 Å². The van der Waals surface area contributed by atoms with Gasteiger partial charge in [0.2, 0.25) is 0 Å². The Hall–Kier alpha value is -2.23. The van der Waals surface area contributed by atoms with E-state index in [1.54, 1.807) is 35.5 Å². The number of aryl methyl sites for hydroxylation is 1. The molecule has 1 aliphatic heterocycles. The van der Waals surface area contributed by atoms with E-state index in [2.05, 4.69) is 4.98 Å². The Morgan fingerprint density at radius 3 is 3.00 bits per heavy atom. The van der Waals surface area contributed by atoms with Crippen LogP contribution in [-0.2, 0) is 6.42 Å². The Morgan fingerprint density at radius 2 is 2.25 bits per heavy atom. The molecule has 1 aromatic carbocycles. The summed E-state index contributed by atoms with van der Waals surface area (Å²) in [6.45, 7) is 2.01. The van der Waals surface area contributed by atoms with E-state index in [4.69, 9.17) is 0 Å². The van der Waals surface area contributed by atoms with Crippen LogP contribution in [0.1, 0.15) is 29.3 Å². The Labute approximate surface area is 117 Å². The van der Waals surface area contributed by atoms with E-state index in [1.807, 2.05) is 6.92 Å². The van der Waals surface area contributed by atoms with Gasteiger partial charge in [-0.2, -0.15) is 0 Å². The monoisotopic (exact) mass is 270 g/mol. The normalized spacial score (nSPS) is 17.7. The first-order chi connectivity index (χ1) is 9.66. The van der Waals surface area contributed by atoms with E-state index in [-0.39, 0.29) is 17.8 Å². The number of aromatic nitrogens is 1. The molecule has 1 atom stereocenters. The molecule has 0 saturated carbocycles. The molecule has 3 rings (SSSR count). The van der Waals surface area contributed by atoms with Crippen molar-refractivity contribution < 1.29 is 9.18 Å². The average molecular weight is 270 g/mol. The number of hydrogen-bond donors (Lipinski definition) is 0. The fourth-order valence-electron chi connectivity index (χ4n) is 2.66. The summed E-state index contributed by atoms with van der Waals surface area (Å²) in [6.07, 6.45) is 4.83. The Balaban J connectivity index is 2.03. The second-order valence-electron chi connectivity index (χ2n) is 5.08. The second-order valence-corrected chi connectivity index (χ2v) is 5.08. The minimum Gasteiger partial charge on any atom is -0.305 e. The van der Waals surface area contributed by atoms with Gasteiger partial charge in [0.15, 0.2) is 0 Å². The summed E-state index contributed by atoms with van der Waals surface area (Å²) in [5, 5.41) is 0. The Morgan fingerprint density at radius 1 is 1.40 bits per heavy atom. The maximum absolute atomic E-state index is 13.3. The molecule has 0 spiro atoms. The highest BCUT2D eigenvalue weighted by atomic mass is 19.1. The summed E-state index contributed by atoms with van der Waals surface area (Å²) in [7, 11) is 0. The van der Waals surface area contributed by atoms with Gasteiger partial charge >= 0.3 is 0 Å². The second kappa shape index (κ2) is 5.04. The first kappa shape index (κ1) is 12.8. The summed E-state index contributed by atoms with van der Waals surface area (Å²) in [4.78, 5) is 18.4. The van der Waals surface area contributed by atoms with Crippen LogP contribution in [0.2, 0.25) is 0 Å². The van der Waals surface area contributed by atoms with Crippen molar-refractivity contribution in [3.63, 3.8) is 0 Å². The van der Waals surface area contributed by atoms with E-state index in [0.717, 1.165) is 24.1 Å². The van der Waals surface area contributed by atoms with Gasteiger partial charge in [-0.1, -0.05) is 0 Å². The maximum Gasteiger partial charge on any atom is 0.260 e. The molecule has 0 saturated heterocycles. The zero-order valence-corrected chi connectivity index (χ0v) is 11.2. The fourth-order valence-corrected chi connectivity index (χ4v) is 2.66. The minimum absolute atomic E-state index is 0.0850. The summed E-state index contributed by atoms with van der Waals surface area (Å²) in [6, 6.07) is 8.20. The third-order valence-electron chi connectivity index (χ3n) is 3.70. The van der Waals surface area contributed by atoms with Gasteiger partial charge in [-0.25, -0.2) is 4.39 Å². The van der Waals surface area contributed by atoms with Gasteiger partial charge in [-0.15, -0.1) is 0 Å². The van der Waals surface area contributed by atoms with Crippen LogP contribution < -0.4 is 4.90 Å². The molecule has 2 heterocycles. The molecule has 0 N–H and O–H groups in total. The molecule has 2 aromatic rings. The summed E-state index contributed by atoms with van der Waals surface area (Å²) < 4.78 is 13.3. The van der Waals surface area contributed by atoms with Gasteiger partial charge in [0.05, 0.1) is 5.56 Å². The molecule has 3 nitrogen and oxygen atoms in total. The molecule has 0 aliphatic carbocycles. The van der Waals surface area contributed by atoms with Gasteiger partial charge in [0.1, 0.15) is 5.82 Å². The van der Waals surface area contributed by atoms with Crippen LogP contribution in [0.15, 0.2) is 42.7 Å². The molecule has 0 bridgehead atoms. The number of pyridine rings is 1. The molecule has 4 heteroatoms. The molecular weight excluding hydrogens is 255 g/mol. The number of benzene rings is 1. The van der Waals surface area contributed by atoms with E-state index < -0.39 is 0 Å². The zero-order valence-electron chi connectivity index (χ0n) is 11.2. The maximum atomic E-state index is 13.3. The van der Waals surface area contributed by atoms with Gasteiger partial charge in [0.25, 0.3) is 5.91 Å². The van der Waals surface area contributed by atoms with Crippen LogP contribution in [0.4, 0.5) is 10.1 Å². The smallest absolute Gasteiger partial charge is 0.260 e. The van der Waals surface area contributed by atoms with E-state index in [1.165, 1.54) is 12.1 Å². The number of carbonyl (C=O) groups is 1. The van der Waals surface area contributed by atoms with Crippen LogP contribution in [0.5, 0.6) is 0 Å². The van der Waals surface area contributed by atoms with Crippen molar-refractivity contribution in [3.8, 4) is 0 Å². The standard InChI is InChI=1S/C16H15FN2O/c1-11-4-5-12-9-14(17)6-7-15(12)19(11)16(20)13-3-2-8-18-10-13/h2-3,6-11H,4-5H2,1H3/t11-/m1/s1. The molecule has 20 heavy (non-hydrogen) atoms. The molecule has 1 amide bonds. The molecule has 102 valence electrons. The van der Waals surface area contributed by atoms with Crippen molar-refractivity contribution in [2.75, 3.05) is 4.90 Å². The van der Waals surface area contributed by atoms with Gasteiger partial charge < -0.3 is 4.90 Å². The van der Waals surface area contributed by atoms with Crippen molar-refractivity contribution in [3.05, 3.63) is 59.7 Å². The first-order valence-electron chi connectivity index (χ1n) is 6.69. The Kier molecular flexibility index (Phi) is 3.22. The largest absolute Gasteiger partial charge is 0.305 e. The fraction of sp³-hybridized carbons (Fsp3) is 0.250. The lowest BCUT2D eigenvalue weighted by molar-refractivity contribution is 0.0975. The van der Waals surface area contributed by atoms with Crippen molar-refractivity contribution in [1.29, 1.82) is 0 Å². The Bertz CT molecular complexity index is 642. The van der Waals surface area contributed by atoms with Crippen LogP contribution in [0.3, 0.4) is 0 Å². The van der Waals surface area contributed by atoms with Crippen LogP contribution in [0, 0.1) is 5.82 Å². The molecule has 0 fully saturated rings. The topological polar surface area (TPSA) is 33.2 Å². The van der Waals surface area contributed by atoms with Crippen molar-refractivity contribution in [1.82, 2.24) is 4.98 Å². The molecule has 1 aromatic heterocycles. The molecule has 0 unspecified atom stereocenters. The average Bonchev–Trinajstić information content (AvgIpc) is 2.48. The quantitative estimate of drug-likeness (QED) is 0.797. The number of fused-ring (bicyclic) bond motifs is 1. The minimum atomic E-state index is -0.257. The SMILES string of the molecule is C[C@@H]1CCc2cc(F)ccc2N1C(=O)c1cccnc1. The predicted molar refractivity (Wildman–Crippen MR) is 75.2 cm³/mol. The lowest BCUT2D eigenvalue weighted by atomic mass is 9.95. The first-order valence-corrected chi connectivity index (χ1v) is 6.69. The predicted octanol–water partition coefficient (Wildman–Crippen LogP) is 3.20. The highest BCUT2D eigenvalue weighted by molar-refractivity contribution is 6.06.